The summed E-state index contributed by atoms with van der Waals surface area (Å²) in [7, 11) is -1.12. The first kappa shape index (κ1) is 6.54. The van der Waals surface area contributed by atoms with Crippen LogP contribution in [0.4, 0.5) is 0 Å². The summed E-state index contributed by atoms with van der Waals surface area (Å²) >= 11 is 3.44. The molecule has 0 fully saturated rings. The zero-order valence-corrected chi connectivity index (χ0v) is 6.40. The molecule has 0 rings (SSSR count). The van der Waals surface area contributed by atoms with Gasteiger partial charge in [0, 0.05) is 0 Å². The van der Waals surface area contributed by atoms with Gasteiger partial charge in [-0.2, -0.15) is 0 Å². The molecule has 0 bridgehead atoms. The van der Waals surface area contributed by atoms with Crippen LogP contribution in [-0.2, 0) is 15.8 Å². The monoisotopic (exact) mass is 143 g/mol. The second kappa shape index (κ2) is 2.01. The molecule has 6 heavy (non-hydrogen) atoms. The van der Waals surface area contributed by atoms with Gasteiger partial charge in [-0.05, 0) is 0 Å². The molecule has 0 atom stereocenters. The van der Waals surface area contributed by atoms with E-state index >= 15 is 0 Å². The molecular formula is C3H9FeNSi. The Kier molecular flexibility index (Phi) is 2.19. The molecule has 0 saturated carbocycles. The number of nitrogens with zero attached hydrogens (tertiary/aromatic N) is 1. The Labute approximate surface area is 47.8 Å². The Balaban J connectivity index is 3.45. The Bertz CT molecular complexity index is 56.3. The Morgan fingerprint density at radius 1 is 1.33 bits per heavy atom. The van der Waals surface area contributed by atoms with Crippen molar-refractivity contribution < 1.29 is 15.8 Å². The van der Waals surface area contributed by atoms with Gasteiger partial charge in [0.25, 0.3) is 0 Å². The van der Waals surface area contributed by atoms with Gasteiger partial charge in [-0.25, -0.2) is 0 Å². The summed E-state index contributed by atoms with van der Waals surface area (Å²) in [5.74, 6) is 0. The molecule has 0 unspecified atom stereocenters. The molecule has 0 aromatic heterocycles. The van der Waals surface area contributed by atoms with Gasteiger partial charge in [0.1, 0.15) is 0 Å². The summed E-state index contributed by atoms with van der Waals surface area (Å²) < 4.78 is 3.91. The van der Waals surface area contributed by atoms with E-state index in [1.54, 1.807) is 0 Å². The third-order valence-electron chi connectivity index (χ3n) is 0.237. The zero-order chi connectivity index (χ0) is 5.21. The van der Waals surface area contributed by atoms with Crippen LogP contribution in [0.1, 0.15) is 0 Å². The van der Waals surface area contributed by atoms with Crippen LogP contribution in [0, 0.1) is 0 Å². The van der Waals surface area contributed by atoms with Crippen LogP contribution in [0.3, 0.4) is 0 Å². The molecule has 0 amide bonds. The maximum atomic E-state index is 3.91. The van der Waals surface area contributed by atoms with Gasteiger partial charge in [0.2, 0.25) is 0 Å². The van der Waals surface area contributed by atoms with E-state index in [0.29, 0.717) is 0 Å². The van der Waals surface area contributed by atoms with Crippen molar-refractivity contribution in [3.63, 3.8) is 0 Å². The zero-order valence-electron chi connectivity index (χ0n) is 4.30. The molecule has 0 heterocycles. The molecule has 0 aromatic rings. The summed E-state index contributed by atoms with van der Waals surface area (Å²) in [6.45, 7) is 6.46. The van der Waals surface area contributed by atoms with Gasteiger partial charge in [-0.15, -0.1) is 0 Å². The first-order chi connectivity index (χ1) is 2.56. The first-order valence-corrected chi connectivity index (χ1v) is 5.82. The van der Waals surface area contributed by atoms with Crippen LogP contribution in [0.15, 0.2) is 3.63 Å². The molecule has 0 aliphatic rings. The van der Waals surface area contributed by atoms with Crippen LogP contribution >= 0.6 is 0 Å². The summed E-state index contributed by atoms with van der Waals surface area (Å²) in [5.41, 5.74) is 0. The van der Waals surface area contributed by atoms with E-state index in [9.17, 15) is 0 Å². The van der Waals surface area contributed by atoms with Crippen molar-refractivity contribution in [3.05, 3.63) is 0 Å². The van der Waals surface area contributed by atoms with Crippen molar-refractivity contribution >= 4 is 8.24 Å². The van der Waals surface area contributed by atoms with Gasteiger partial charge in [0.15, 0.2) is 0 Å². The summed E-state index contributed by atoms with van der Waals surface area (Å²) in [4.78, 5) is 0. The van der Waals surface area contributed by atoms with Gasteiger partial charge in [0.05, 0.1) is 0 Å². The second-order valence-electron chi connectivity index (χ2n) is 2.25. The molecule has 0 aromatic carbocycles. The fourth-order valence-corrected chi connectivity index (χ4v) is 0. The van der Waals surface area contributed by atoms with Crippen LogP contribution in [0.2, 0.25) is 19.6 Å². The van der Waals surface area contributed by atoms with E-state index in [1.165, 1.54) is 0 Å². The predicted molar refractivity (Wildman–Crippen MR) is 25.8 cm³/mol. The van der Waals surface area contributed by atoms with Crippen LogP contribution in [0.25, 0.3) is 0 Å². The molecule has 0 radical (unpaired) electrons. The van der Waals surface area contributed by atoms with Gasteiger partial charge < -0.3 is 0 Å². The fraction of sp³-hybridized carbons (Fsp3) is 1.00. The molecule has 0 N–H and O–H groups in total. The quantitative estimate of drug-likeness (QED) is 0.494. The molecule has 0 spiro atoms. The molecule has 0 saturated heterocycles. The molecule has 1 nitrogen and oxygen atoms in total. The van der Waals surface area contributed by atoms with Crippen LogP contribution in [-0.4, -0.2) is 8.24 Å². The van der Waals surface area contributed by atoms with E-state index in [2.05, 4.69) is 39.1 Å². The SMILES string of the molecule is C[Si](C)(C)[N]=[Fe]. The number of rotatable bonds is 1. The third kappa shape index (κ3) is 4.54. The van der Waals surface area contributed by atoms with Crippen molar-refractivity contribution in [2.45, 2.75) is 19.6 Å². The van der Waals surface area contributed by atoms with Gasteiger partial charge >= 0.3 is 47.3 Å². The number of hydrogen-bond donors (Lipinski definition) is 0. The van der Waals surface area contributed by atoms with E-state index in [4.69, 9.17) is 0 Å². The average Bonchev–Trinajstić information content (AvgIpc) is 1.35. The van der Waals surface area contributed by atoms with Crippen LogP contribution < -0.4 is 0 Å². The van der Waals surface area contributed by atoms with Gasteiger partial charge in [-0.3, -0.25) is 0 Å². The van der Waals surface area contributed by atoms with Crippen LogP contribution in [0.5, 0.6) is 0 Å². The summed E-state index contributed by atoms with van der Waals surface area (Å²) in [6, 6.07) is 0. The Hall–Kier alpha value is 0.536. The molecule has 3 heteroatoms. The van der Waals surface area contributed by atoms with E-state index in [1.807, 2.05) is 0 Å². The van der Waals surface area contributed by atoms with Crippen molar-refractivity contribution in [3.8, 4) is 0 Å². The molecule has 0 aliphatic heterocycles. The topological polar surface area (TPSA) is 12.4 Å². The third-order valence-corrected chi connectivity index (χ3v) is 2.93. The van der Waals surface area contributed by atoms with E-state index in [-0.39, 0.29) is 0 Å². The normalized spacial score (nSPS) is 11.3. The molecular weight excluding hydrogens is 134 g/mol. The molecule has 0 aliphatic carbocycles. The maximum absolute atomic E-state index is 3.91. The first-order valence-electron chi connectivity index (χ1n) is 1.88. The van der Waals surface area contributed by atoms with Crippen molar-refractivity contribution in [2.75, 3.05) is 0 Å². The second-order valence-corrected chi connectivity index (χ2v) is 7.49. The van der Waals surface area contributed by atoms with E-state index < -0.39 is 8.24 Å². The van der Waals surface area contributed by atoms with Crippen molar-refractivity contribution in [1.82, 2.24) is 0 Å². The van der Waals surface area contributed by atoms with Crippen molar-refractivity contribution in [1.29, 1.82) is 0 Å². The standard InChI is InChI=1S/C3H9NSi.Fe/c1-5(2,3)4;/h1-3H3;. The van der Waals surface area contributed by atoms with Gasteiger partial charge in [-0.1, -0.05) is 0 Å². The molecule has 38 valence electrons. The van der Waals surface area contributed by atoms with Crippen molar-refractivity contribution in [2.24, 2.45) is 3.63 Å². The predicted octanol–water partition coefficient (Wildman–Crippen LogP) is 1.55. The minimum absolute atomic E-state index is 1.12. The summed E-state index contributed by atoms with van der Waals surface area (Å²) in [5, 5.41) is 0. The Morgan fingerprint density at radius 3 is 1.50 bits per heavy atom. The average molecular weight is 143 g/mol. The number of hydrogen-bond acceptors (Lipinski definition) is 1. The minimum atomic E-state index is -1.12. The van der Waals surface area contributed by atoms with E-state index in [0.717, 1.165) is 0 Å². The fourth-order valence-electron chi connectivity index (χ4n) is 0. The summed E-state index contributed by atoms with van der Waals surface area (Å²) in [6.07, 6.45) is 0. The Morgan fingerprint density at radius 2 is 1.50 bits per heavy atom.